The fourth-order valence-electron chi connectivity index (χ4n) is 2.34. The standard InChI is InChI=1S/C17H20N2O2/c1-3-17(21-2,15-7-5-4-6-8-15)13-19-16(20)14-9-11-18-12-10-14/h4-12H,3,13H2,1-2H3,(H,19,20). The normalized spacial score (nSPS) is 13.4. The predicted molar refractivity (Wildman–Crippen MR) is 82.0 cm³/mol. The minimum absolute atomic E-state index is 0.122. The Morgan fingerprint density at radius 1 is 1.19 bits per heavy atom. The highest BCUT2D eigenvalue weighted by Gasteiger charge is 2.30. The maximum atomic E-state index is 12.2. The number of pyridine rings is 1. The van der Waals surface area contributed by atoms with Crippen molar-refractivity contribution in [1.29, 1.82) is 0 Å². The summed E-state index contributed by atoms with van der Waals surface area (Å²) >= 11 is 0. The van der Waals surface area contributed by atoms with Crippen LogP contribution in [-0.4, -0.2) is 24.5 Å². The van der Waals surface area contributed by atoms with Crippen LogP contribution < -0.4 is 5.32 Å². The molecule has 4 nitrogen and oxygen atoms in total. The van der Waals surface area contributed by atoms with Gasteiger partial charge in [-0.2, -0.15) is 0 Å². The molecule has 1 aromatic carbocycles. The van der Waals surface area contributed by atoms with Crippen molar-refractivity contribution in [3.63, 3.8) is 0 Å². The van der Waals surface area contributed by atoms with Gasteiger partial charge in [0, 0.05) is 25.1 Å². The number of amides is 1. The van der Waals surface area contributed by atoms with E-state index in [1.807, 2.05) is 30.3 Å². The second-order valence-electron chi connectivity index (χ2n) is 4.84. The topological polar surface area (TPSA) is 51.2 Å². The Morgan fingerprint density at radius 2 is 1.86 bits per heavy atom. The quantitative estimate of drug-likeness (QED) is 0.887. The zero-order valence-corrected chi connectivity index (χ0v) is 12.4. The third kappa shape index (κ3) is 3.47. The summed E-state index contributed by atoms with van der Waals surface area (Å²) < 4.78 is 5.73. The molecule has 0 aliphatic rings. The van der Waals surface area contributed by atoms with E-state index in [0.29, 0.717) is 12.1 Å². The predicted octanol–water partition coefficient (Wildman–Crippen LogP) is 2.76. The first-order valence-corrected chi connectivity index (χ1v) is 7.01. The van der Waals surface area contributed by atoms with Crippen LogP contribution in [-0.2, 0) is 10.3 Å². The Labute approximate surface area is 125 Å². The number of carbonyl (C=O) groups excluding carboxylic acids is 1. The second kappa shape index (κ2) is 6.99. The smallest absolute Gasteiger partial charge is 0.251 e. The summed E-state index contributed by atoms with van der Waals surface area (Å²) in [7, 11) is 1.68. The van der Waals surface area contributed by atoms with E-state index in [-0.39, 0.29) is 5.91 Å². The molecule has 0 fully saturated rings. The summed E-state index contributed by atoms with van der Waals surface area (Å²) in [5.74, 6) is -0.122. The summed E-state index contributed by atoms with van der Waals surface area (Å²) in [6, 6.07) is 13.3. The third-order valence-corrected chi connectivity index (χ3v) is 3.74. The first kappa shape index (κ1) is 15.2. The number of rotatable bonds is 6. The largest absolute Gasteiger partial charge is 0.372 e. The maximum absolute atomic E-state index is 12.2. The summed E-state index contributed by atoms with van der Waals surface area (Å²) in [4.78, 5) is 16.1. The molecule has 0 saturated heterocycles. The van der Waals surface area contributed by atoms with Crippen molar-refractivity contribution in [2.75, 3.05) is 13.7 Å². The molecule has 1 atom stereocenters. The number of nitrogens with one attached hydrogen (secondary N) is 1. The molecule has 0 aliphatic carbocycles. The average molecular weight is 284 g/mol. The number of aromatic nitrogens is 1. The van der Waals surface area contributed by atoms with Crippen LogP contribution in [0.15, 0.2) is 54.9 Å². The number of hydrogen-bond donors (Lipinski definition) is 1. The molecule has 110 valence electrons. The first-order chi connectivity index (χ1) is 10.2. The molecule has 0 aliphatic heterocycles. The molecule has 0 saturated carbocycles. The average Bonchev–Trinajstić information content (AvgIpc) is 2.58. The van der Waals surface area contributed by atoms with Crippen LogP contribution in [0.4, 0.5) is 0 Å². The van der Waals surface area contributed by atoms with Gasteiger partial charge < -0.3 is 10.1 Å². The number of methoxy groups -OCH3 is 1. The lowest BCUT2D eigenvalue weighted by Gasteiger charge is -2.32. The van der Waals surface area contributed by atoms with Crippen LogP contribution in [0.5, 0.6) is 0 Å². The van der Waals surface area contributed by atoms with Gasteiger partial charge in [-0.05, 0) is 24.1 Å². The van der Waals surface area contributed by atoms with Crippen LogP contribution in [0.3, 0.4) is 0 Å². The molecule has 1 amide bonds. The zero-order valence-electron chi connectivity index (χ0n) is 12.4. The van der Waals surface area contributed by atoms with Gasteiger partial charge in [-0.25, -0.2) is 0 Å². The van der Waals surface area contributed by atoms with Gasteiger partial charge in [0.05, 0.1) is 6.54 Å². The Kier molecular flexibility index (Phi) is 5.06. The number of carbonyl (C=O) groups is 1. The fourth-order valence-corrected chi connectivity index (χ4v) is 2.34. The van der Waals surface area contributed by atoms with Gasteiger partial charge in [0.1, 0.15) is 5.60 Å². The molecule has 1 unspecified atom stereocenters. The minimum atomic E-state index is -0.510. The molecule has 2 aromatic rings. The summed E-state index contributed by atoms with van der Waals surface area (Å²) in [5, 5.41) is 2.95. The monoisotopic (exact) mass is 284 g/mol. The molecular weight excluding hydrogens is 264 g/mol. The lowest BCUT2D eigenvalue weighted by atomic mass is 9.90. The van der Waals surface area contributed by atoms with E-state index in [1.54, 1.807) is 31.6 Å². The number of hydrogen-bond acceptors (Lipinski definition) is 3. The van der Waals surface area contributed by atoms with Crippen molar-refractivity contribution in [1.82, 2.24) is 10.3 Å². The highest BCUT2D eigenvalue weighted by atomic mass is 16.5. The van der Waals surface area contributed by atoms with Crippen LogP contribution >= 0.6 is 0 Å². The van der Waals surface area contributed by atoms with Gasteiger partial charge in [-0.15, -0.1) is 0 Å². The van der Waals surface area contributed by atoms with Crippen molar-refractivity contribution in [3.05, 3.63) is 66.0 Å². The Balaban J connectivity index is 2.13. The highest BCUT2D eigenvalue weighted by molar-refractivity contribution is 5.94. The molecule has 1 heterocycles. The second-order valence-corrected chi connectivity index (χ2v) is 4.84. The molecule has 0 bridgehead atoms. The van der Waals surface area contributed by atoms with Crippen molar-refractivity contribution in [2.45, 2.75) is 18.9 Å². The lowest BCUT2D eigenvalue weighted by Crippen LogP contribution is -2.41. The fraction of sp³-hybridized carbons (Fsp3) is 0.294. The Hall–Kier alpha value is -2.20. The minimum Gasteiger partial charge on any atom is -0.372 e. The van der Waals surface area contributed by atoms with Gasteiger partial charge in [0.15, 0.2) is 0 Å². The molecule has 0 radical (unpaired) electrons. The van der Waals surface area contributed by atoms with E-state index in [9.17, 15) is 4.79 Å². The van der Waals surface area contributed by atoms with E-state index in [1.165, 1.54) is 0 Å². The van der Waals surface area contributed by atoms with Crippen LogP contribution in [0.1, 0.15) is 29.3 Å². The van der Waals surface area contributed by atoms with E-state index < -0.39 is 5.60 Å². The third-order valence-electron chi connectivity index (χ3n) is 3.74. The number of ether oxygens (including phenoxy) is 1. The van der Waals surface area contributed by atoms with Gasteiger partial charge in [0.2, 0.25) is 0 Å². The van der Waals surface area contributed by atoms with Crippen molar-refractivity contribution < 1.29 is 9.53 Å². The van der Waals surface area contributed by atoms with Crippen LogP contribution in [0.2, 0.25) is 0 Å². The van der Waals surface area contributed by atoms with Crippen molar-refractivity contribution in [2.24, 2.45) is 0 Å². The number of benzene rings is 1. The Bertz CT molecular complexity index is 566. The van der Waals surface area contributed by atoms with Gasteiger partial charge in [0.25, 0.3) is 5.91 Å². The molecule has 2 rings (SSSR count). The summed E-state index contributed by atoms with van der Waals surface area (Å²) in [5.41, 5.74) is 1.15. The lowest BCUT2D eigenvalue weighted by molar-refractivity contribution is -0.0164. The SMILES string of the molecule is CCC(CNC(=O)c1ccncc1)(OC)c1ccccc1. The van der Waals surface area contributed by atoms with E-state index in [4.69, 9.17) is 4.74 Å². The van der Waals surface area contributed by atoms with Crippen molar-refractivity contribution >= 4 is 5.91 Å². The molecule has 1 aromatic heterocycles. The van der Waals surface area contributed by atoms with Crippen LogP contribution in [0, 0.1) is 0 Å². The Morgan fingerprint density at radius 3 is 2.43 bits per heavy atom. The van der Waals surface area contributed by atoms with Crippen LogP contribution in [0.25, 0.3) is 0 Å². The molecule has 4 heteroatoms. The van der Waals surface area contributed by atoms with Gasteiger partial charge >= 0.3 is 0 Å². The first-order valence-electron chi connectivity index (χ1n) is 7.01. The van der Waals surface area contributed by atoms with Crippen molar-refractivity contribution in [3.8, 4) is 0 Å². The number of nitrogens with zero attached hydrogens (tertiary/aromatic N) is 1. The molecule has 0 spiro atoms. The van der Waals surface area contributed by atoms with E-state index in [0.717, 1.165) is 12.0 Å². The van der Waals surface area contributed by atoms with E-state index in [2.05, 4.69) is 17.2 Å². The zero-order chi connectivity index (χ0) is 15.1. The molecule has 1 N–H and O–H groups in total. The van der Waals surface area contributed by atoms with E-state index >= 15 is 0 Å². The highest BCUT2D eigenvalue weighted by Crippen LogP contribution is 2.28. The maximum Gasteiger partial charge on any atom is 0.251 e. The summed E-state index contributed by atoms with van der Waals surface area (Å²) in [6.45, 7) is 2.47. The van der Waals surface area contributed by atoms with Gasteiger partial charge in [-0.1, -0.05) is 37.3 Å². The van der Waals surface area contributed by atoms with Gasteiger partial charge in [-0.3, -0.25) is 9.78 Å². The summed E-state index contributed by atoms with van der Waals surface area (Å²) in [6.07, 6.45) is 3.98. The molecular formula is C17H20N2O2. The molecule has 21 heavy (non-hydrogen) atoms.